The molecule has 1 fully saturated rings. The number of hydrogen-bond acceptors (Lipinski definition) is 6. The van der Waals surface area contributed by atoms with E-state index in [4.69, 9.17) is 61.0 Å². The molecule has 1 saturated heterocycles. The Morgan fingerprint density at radius 1 is 1.10 bits per heavy atom. The van der Waals surface area contributed by atoms with Crippen LogP contribution in [0.3, 0.4) is 0 Å². The van der Waals surface area contributed by atoms with Crippen molar-refractivity contribution in [1.29, 1.82) is 0 Å². The van der Waals surface area contributed by atoms with Gasteiger partial charge in [0.05, 0.1) is 28.8 Å². The van der Waals surface area contributed by atoms with E-state index < -0.39 is 5.97 Å². The molecule has 6 nitrogen and oxygen atoms in total. The quantitative estimate of drug-likeness (QED) is 0.381. The number of esters is 1. The predicted octanol–water partition coefficient (Wildman–Crippen LogP) is 1.18. The minimum absolute atomic E-state index is 0. The monoisotopic (exact) mass is 506 g/mol. The van der Waals surface area contributed by atoms with Crippen LogP contribution >= 0.6 is 46.4 Å². The van der Waals surface area contributed by atoms with Gasteiger partial charge in [-0.2, -0.15) is 0 Å². The molecule has 0 saturated carbocycles. The summed E-state index contributed by atoms with van der Waals surface area (Å²) in [6.45, 7) is 3.91. The van der Waals surface area contributed by atoms with Gasteiger partial charge in [-0.25, -0.2) is 14.8 Å². The number of carbonyl (C=O) groups is 1. The van der Waals surface area contributed by atoms with Crippen molar-refractivity contribution in [2.24, 2.45) is 0 Å². The van der Waals surface area contributed by atoms with Crippen molar-refractivity contribution in [2.75, 3.05) is 19.8 Å². The molecule has 2 aromatic heterocycles. The molecule has 12 heteroatoms. The first-order chi connectivity index (χ1) is 13.4. The van der Waals surface area contributed by atoms with E-state index in [-0.39, 0.29) is 60.0 Å². The largest absolute Gasteiger partial charge is 1.00 e. The molecule has 0 aliphatic carbocycles. The number of rotatable bonds is 3. The Morgan fingerprint density at radius 2 is 1.63 bits per heavy atom. The van der Waals surface area contributed by atoms with Crippen molar-refractivity contribution in [3.05, 3.63) is 56.0 Å². The molecule has 2 aromatic rings. The van der Waals surface area contributed by atoms with Crippen LogP contribution in [0.4, 0.5) is 0 Å². The van der Waals surface area contributed by atoms with E-state index in [1.807, 2.05) is 0 Å². The van der Waals surface area contributed by atoms with E-state index in [1.165, 1.54) is 37.4 Å². The topological polar surface area (TPSA) is 81.5 Å². The minimum atomic E-state index is -0.489. The molecule has 0 amide bonds. The van der Waals surface area contributed by atoms with Crippen LogP contribution in [-0.2, 0) is 16.1 Å². The molecule has 0 atom stereocenters. The summed E-state index contributed by atoms with van der Waals surface area (Å²) in [5.74, 6) is -0.489. The second kappa shape index (κ2) is 18.5. The number of halogens is 4. The van der Waals surface area contributed by atoms with E-state index >= 15 is 0 Å². The molecule has 3 heterocycles. The zero-order chi connectivity index (χ0) is 20.9. The number of pyridine rings is 2. The van der Waals surface area contributed by atoms with Crippen LogP contribution in [0.1, 0.15) is 37.1 Å². The van der Waals surface area contributed by atoms with Gasteiger partial charge in [-0.1, -0.05) is 46.4 Å². The maximum Gasteiger partial charge on any atom is 1.00 e. The SMILES string of the molecule is C1CCOC1.CCOC(=O)c1cnc(Cl)cc1Cl.OCc1cnc(Cl)cc1Cl.[AlH3].[H-].[Li+]. The maximum absolute atomic E-state index is 11.2. The Kier molecular flexibility index (Phi) is 19.9. The zero-order valence-corrected chi connectivity index (χ0v) is 19.2. The minimum Gasteiger partial charge on any atom is -1.00 e. The van der Waals surface area contributed by atoms with Gasteiger partial charge >= 0.3 is 24.8 Å². The second-order valence-corrected chi connectivity index (χ2v) is 6.87. The van der Waals surface area contributed by atoms with E-state index in [2.05, 4.69) is 9.97 Å². The fourth-order valence-corrected chi connectivity index (χ4v) is 2.70. The predicted molar refractivity (Wildman–Crippen MR) is 121 cm³/mol. The van der Waals surface area contributed by atoms with Crippen LogP contribution in [0.15, 0.2) is 24.5 Å². The normalized spacial score (nSPS) is 11.5. The van der Waals surface area contributed by atoms with Crippen LogP contribution in [0, 0.1) is 0 Å². The Bertz CT molecular complexity index is 770. The first-order valence-electron chi connectivity index (χ1n) is 8.35. The van der Waals surface area contributed by atoms with Gasteiger partial charge in [0.2, 0.25) is 0 Å². The number of aliphatic hydroxyl groups is 1. The summed E-state index contributed by atoms with van der Waals surface area (Å²) in [4.78, 5) is 18.6. The molecule has 0 radical (unpaired) electrons. The summed E-state index contributed by atoms with van der Waals surface area (Å²) in [6.07, 6.45) is 5.30. The molecule has 162 valence electrons. The third-order valence-corrected chi connectivity index (χ3v) is 4.29. The van der Waals surface area contributed by atoms with Gasteiger partial charge in [0, 0.05) is 31.2 Å². The molecule has 0 unspecified atom stereocenters. The summed E-state index contributed by atoms with van der Waals surface area (Å²) in [7, 11) is 0. The number of nitrogens with zero attached hydrogens (tertiary/aromatic N) is 2. The molecule has 0 spiro atoms. The summed E-state index contributed by atoms with van der Waals surface area (Å²) >= 11 is 22.4. The van der Waals surface area contributed by atoms with Gasteiger partial charge in [0.1, 0.15) is 10.3 Å². The van der Waals surface area contributed by atoms with Crippen molar-refractivity contribution >= 4 is 69.7 Å². The van der Waals surface area contributed by atoms with Gasteiger partial charge in [-0.05, 0) is 31.9 Å². The van der Waals surface area contributed by atoms with Crippen LogP contribution in [0.5, 0.6) is 0 Å². The summed E-state index contributed by atoms with van der Waals surface area (Å²) < 4.78 is 9.69. The maximum atomic E-state index is 11.2. The van der Waals surface area contributed by atoms with Crippen LogP contribution in [-0.4, -0.2) is 58.2 Å². The Morgan fingerprint density at radius 3 is 2.03 bits per heavy atom. The molecule has 1 N–H and O–H groups in total. The molecule has 1 aliphatic rings. The summed E-state index contributed by atoms with van der Waals surface area (Å²) in [6, 6.07) is 2.89. The smallest absolute Gasteiger partial charge is 1.00 e. The van der Waals surface area contributed by atoms with Crippen molar-refractivity contribution < 1.29 is 39.7 Å². The Hall–Kier alpha value is -0.0201. The van der Waals surface area contributed by atoms with Gasteiger partial charge in [-0.3, -0.25) is 0 Å². The molecular formula is C18H24AlCl4LiN2O4. The van der Waals surface area contributed by atoms with E-state index in [9.17, 15) is 4.79 Å². The van der Waals surface area contributed by atoms with Crippen molar-refractivity contribution in [3.8, 4) is 0 Å². The van der Waals surface area contributed by atoms with E-state index in [1.54, 1.807) is 6.92 Å². The average Bonchev–Trinajstić information content (AvgIpc) is 3.22. The number of aliphatic hydroxyl groups excluding tert-OH is 1. The van der Waals surface area contributed by atoms with E-state index in [0.29, 0.717) is 22.3 Å². The van der Waals surface area contributed by atoms with Gasteiger partial charge < -0.3 is 16.0 Å². The fourth-order valence-electron chi connectivity index (χ4n) is 1.83. The van der Waals surface area contributed by atoms with Crippen LogP contribution in [0.2, 0.25) is 20.4 Å². The Balaban J connectivity index is -0.000000389. The standard InChI is InChI=1S/C8H7Cl2NO2.C6H5Cl2NO.C4H8O.Al.Li.4H/c1-2-13-8(12)5-4-11-7(10)3-6(5)9;7-5-1-6(8)9-2-4(5)3-10;1-2-4-5-3-1;;;;;;/h3-4H,2H2,1H3;1-2,10H,3H2;1-4H2;;;;;;/q;;;;+1;;;;-1. The van der Waals surface area contributed by atoms with Gasteiger partial charge in [-0.15, -0.1) is 0 Å². The van der Waals surface area contributed by atoms with Crippen LogP contribution < -0.4 is 18.9 Å². The number of aromatic nitrogens is 2. The van der Waals surface area contributed by atoms with Crippen molar-refractivity contribution in [1.82, 2.24) is 9.97 Å². The number of ether oxygens (including phenoxy) is 2. The van der Waals surface area contributed by atoms with E-state index in [0.717, 1.165) is 13.2 Å². The molecule has 0 bridgehead atoms. The molecule has 30 heavy (non-hydrogen) atoms. The average molecular weight is 508 g/mol. The molecular weight excluding hydrogens is 484 g/mol. The molecule has 1 aliphatic heterocycles. The van der Waals surface area contributed by atoms with Crippen LogP contribution in [0.25, 0.3) is 0 Å². The third kappa shape index (κ3) is 12.7. The summed E-state index contributed by atoms with van der Waals surface area (Å²) in [5, 5.41) is 9.92. The van der Waals surface area contributed by atoms with Gasteiger partial charge in [0.25, 0.3) is 0 Å². The first-order valence-corrected chi connectivity index (χ1v) is 9.86. The Labute approximate surface area is 220 Å². The zero-order valence-electron chi connectivity index (χ0n) is 17.1. The molecule has 0 aromatic carbocycles. The number of carbonyl (C=O) groups excluding carboxylic acids is 1. The summed E-state index contributed by atoms with van der Waals surface area (Å²) in [5.41, 5.74) is 0.819. The first kappa shape index (κ1) is 32.2. The van der Waals surface area contributed by atoms with Crippen molar-refractivity contribution in [2.45, 2.75) is 26.4 Å². The third-order valence-electron chi connectivity index (χ3n) is 3.21. The molecule has 3 rings (SSSR count). The van der Waals surface area contributed by atoms with Gasteiger partial charge in [0.15, 0.2) is 17.4 Å². The fraction of sp³-hybridized carbons (Fsp3) is 0.389. The van der Waals surface area contributed by atoms with Crippen molar-refractivity contribution in [3.63, 3.8) is 0 Å². The number of hydrogen-bond donors (Lipinski definition) is 1. The second-order valence-electron chi connectivity index (χ2n) is 5.28.